The van der Waals surface area contributed by atoms with Gasteiger partial charge in [0.15, 0.2) is 6.61 Å². The SMILES string of the molecule is Cc1cccc(-c2ccc(OCC(=O)N=O)cc2)c1. The van der Waals surface area contributed by atoms with Crippen molar-refractivity contribution in [3.8, 4) is 16.9 Å². The lowest BCUT2D eigenvalue weighted by Gasteiger charge is -2.06. The van der Waals surface area contributed by atoms with Gasteiger partial charge in [-0.3, -0.25) is 4.79 Å². The fourth-order valence-corrected chi connectivity index (χ4v) is 1.74. The van der Waals surface area contributed by atoms with Crippen LogP contribution in [0.4, 0.5) is 0 Å². The molecule has 0 atom stereocenters. The molecule has 4 nitrogen and oxygen atoms in total. The highest BCUT2D eigenvalue weighted by molar-refractivity contribution is 5.78. The van der Waals surface area contributed by atoms with Gasteiger partial charge in [0.25, 0.3) is 0 Å². The average molecular weight is 255 g/mol. The van der Waals surface area contributed by atoms with Crippen molar-refractivity contribution in [2.75, 3.05) is 6.61 Å². The highest BCUT2D eigenvalue weighted by atomic mass is 16.5. The van der Waals surface area contributed by atoms with Crippen LogP contribution in [0.2, 0.25) is 0 Å². The van der Waals surface area contributed by atoms with Gasteiger partial charge in [0.1, 0.15) is 5.75 Å². The highest BCUT2D eigenvalue weighted by Gasteiger charge is 2.03. The fraction of sp³-hybridized carbons (Fsp3) is 0.133. The van der Waals surface area contributed by atoms with Crippen LogP contribution in [0.15, 0.2) is 53.7 Å². The van der Waals surface area contributed by atoms with E-state index in [1.807, 2.05) is 37.3 Å². The first-order valence-electron chi connectivity index (χ1n) is 5.85. The lowest BCUT2D eigenvalue weighted by molar-refractivity contribution is -0.119. The number of amides is 1. The molecule has 0 radical (unpaired) electrons. The summed E-state index contributed by atoms with van der Waals surface area (Å²) in [5.41, 5.74) is 3.38. The molecule has 0 aliphatic heterocycles. The summed E-state index contributed by atoms with van der Waals surface area (Å²) in [5, 5.41) is 2.26. The summed E-state index contributed by atoms with van der Waals surface area (Å²) in [6, 6.07) is 15.5. The first-order valence-corrected chi connectivity index (χ1v) is 5.85. The predicted molar refractivity (Wildman–Crippen MR) is 72.9 cm³/mol. The number of aryl methyl sites for hydroxylation is 1. The molecule has 19 heavy (non-hydrogen) atoms. The average Bonchev–Trinajstić information content (AvgIpc) is 2.45. The first-order chi connectivity index (χ1) is 9.19. The summed E-state index contributed by atoms with van der Waals surface area (Å²) in [6.07, 6.45) is 0. The van der Waals surface area contributed by atoms with E-state index in [4.69, 9.17) is 4.74 Å². The van der Waals surface area contributed by atoms with Gasteiger partial charge in [0.2, 0.25) is 0 Å². The third kappa shape index (κ3) is 3.48. The standard InChI is InChI=1S/C15H13NO3/c1-11-3-2-4-13(9-11)12-5-7-14(8-6-12)19-10-15(17)16-18/h2-9H,10H2,1H3. The molecule has 0 saturated heterocycles. The number of nitrogens with zero attached hydrogens (tertiary/aromatic N) is 1. The third-order valence-corrected chi connectivity index (χ3v) is 2.67. The van der Waals surface area contributed by atoms with Gasteiger partial charge in [-0.2, -0.15) is 0 Å². The summed E-state index contributed by atoms with van der Waals surface area (Å²) < 4.78 is 5.13. The Bertz CT molecular complexity index is 591. The van der Waals surface area contributed by atoms with Crippen LogP contribution in [0, 0.1) is 11.8 Å². The van der Waals surface area contributed by atoms with Crippen LogP contribution >= 0.6 is 0 Å². The second-order valence-electron chi connectivity index (χ2n) is 4.17. The Hall–Kier alpha value is -2.49. The predicted octanol–water partition coefficient (Wildman–Crippen LogP) is 3.33. The van der Waals surface area contributed by atoms with Crippen molar-refractivity contribution in [3.63, 3.8) is 0 Å². The maximum atomic E-state index is 10.7. The molecule has 0 saturated carbocycles. The molecule has 0 spiro atoms. The Morgan fingerprint density at radius 2 is 1.84 bits per heavy atom. The molecule has 0 aliphatic rings. The summed E-state index contributed by atoms with van der Waals surface area (Å²) in [4.78, 5) is 20.6. The summed E-state index contributed by atoms with van der Waals surface area (Å²) >= 11 is 0. The molecule has 0 fully saturated rings. The number of nitroso groups, excluding NO2 is 1. The zero-order valence-corrected chi connectivity index (χ0v) is 10.5. The Balaban J connectivity index is 2.10. The second kappa shape index (κ2) is 5.91. The number of benzene rings is 2. The van der Waals surface area contributed by atoms with E-state index in [0.29, 0.717) is 5.75 Å². The summed E-state index contributed by atoms with van der Waals surface area (Å²) in [7, 11) is 0. The van der Waals surface area contributed by atoms with E-state index < -0.39 is 5.91 Å². The number of hydrogen-bond acceptors (Lipinski definition) is 3. The minimum atomic E-state index is -0.817. The van der Waals surface area contributed by atoms with Crippen LogP contribution in [0.3, 0.4) is 0 Å². The van der Waals surface area contributed by atoms with Crippen molar-refractivity contribution in [1.29, 1.82) is 0 Å². The molecule has 0 N–H and O–H groups in total. The van der Waals surface area contributed by atoms with E-state index in [0.717, 1.165) is 11.1 Å². The lowest BCUT2D eigenvalue weighted by Crippen LogP contribution is -2.07. The smallest absolute Gasteiger partial charge is 0.323 e. The Morgan fingerprint density at radius 1 is 1.11 bits per heavy atom. The molecular weight excluding hydrogens is 242 g/mol. The Labute approximate surface area is 111 Å². The van der Waals surface area contributed by atoms with Gasteiger partial charge in [-0.1, -0.05) is 42.0 Å². The fourth-order valence-electron chi connectivity index (χ4n) is 1.74. The van der Waals surface area contributed by atoms with E-state index in [2.05, 4.69) is 11.2 Å². The van der Waals surface area contributed by atoms with Crippen molar-refractivity contribution in [1.82, 2.24) is 0 Å². The molecule has 96 valence electrons. The van der Waals surface area contributed by atoms with Gasteiger partial charge < -0.3 is 4.74 Å². The molecule has 4 heteroatoms. The van der Waals surface area contributed by atoms with E-state index >= 15 is 0 Å². The Morgan fingerprint density at radius 3 is 2.47 bits per heavy atom. The van der Waals surface area contributed by atoms with Gasteiger partial charge in [-0.05, 0) is 30.2 Å². The molecule has 0 aromatic heterocycles. The van der Waals surface area contributed by atoms with E-state index in [-0.39, 0.29) is 6.61 Å². The molecule has 0 aliphatic carbocycles. The molecule has 2 rings (SSSR count). The van der Waals surface area contributed by atoms with Crippen LogP contribution in [0.5, 0.6) is 5.75 Å². The zero-order chi connectivity index (χ0) is 13.7. The number of carbonyl (C=O) groups is 1. The molecular formula is C15H13NO3. The van der Waals surface area contributed by atoms with Crippen molar-refractivity contribution in [2.45, 2.75) is 6.92 Å². The zero-order valence-electron chi connectivity index (χ0n) is 10.5. The topological polar surface area (TPSA) is 55.7 Å². The van der Waals surface area contributed by atoms with Crippen molar-refractivity contribution < 1.29 is 9.53 Å². The summed E-state index contributed by atoms with van der Waals surface area (Å²) in [5.74, 6) is -0.281. The maximum absolute atomic E-state index is 10.7. The number of hydrogen-bond donors (Lipinski definition) is 0. The van der Waals surface area contributed by atoms with Gasteiger partial charge in [0, 0.05) is 5.18 Å². The quantitative estimate of drug-likeness (QED) is 0.787. The van der Waals surface area contributed by atoms with Crippen LogP contribution in [0.1, 0.15) is 5.56 Å². The molecule has 0 unspecified atom stereocenters. The van der Waals surface area contributed by atoms with E-state index in [1.165, 1.54) is 5.56 Å². The number of ether oxygens (including phenoxy) is 1. The molecule has 1 amide bonds. The lowest BCUT2D eigenvalue weighted by atomic mass is 10.0. The minimum absolute atomic E-state index is 0.326. The van der Waals surface area contributed by atoms with Crippen LogP contribution in [0.25, 0.3) is 11.1 Å². The van der Waals surface area contributed by atoms with Crippen molar-refractivity contribution in [2.24, 2.45) is 5.18 Å². The van der Waals surface area contributed by atoms with Gasteiger partial charge in [0.05, 0.1) is 0 Å². The van der Waals surface area contributed by atoms with Crippen molar-refractivity contribution in [3.05, 3.63) is 59.0 Å². The van der Waals surface area contributed by atoms with E-state index in [1.54, 1.807) is 12.1 Å². The first kappa shape index (κ1) is 13.0. The summed E-state index contributed by atoms with van der Waals surface area (Å²) in [6.45, 7) is 1.71. The van der Waals surface area contributed by atoms with Crippen LogP contribution in [-0.2, 0) is 4.79 Å². The molecule has 2 aromatic carbocycles. The van der Waals surface area contributed by atoms with E-state index in [9.17, 15) is 9.70 Å². The second-order valence-corrected chi connectivity index (χ2v) is 4.17. The van der Waals surface area contributed by atoms with Crippen molar-refractivity contribution >= 4 is 5.91 Å². The molecule has 0 bridgehead atoms. The number of rotatable bonds is 4. The Kier molecular flexibility index (Phi) is 4.03. The molecule has 2 aromatic rings. The van der Waals surface area contributed by atoms with Gasteiger partial charge in [-0.25, -0.2) is 0 Å². The van der Waals surface area contributed by atoms with Gasteiger partial charge in [-0.15, -0.1) is 4.91 Å². The van der Waals surface area contributed by atoms with Crippen LogP contribution in [-0.4, -0.2) is 12.5 Å². The minimum Gasteiger partial charge on any atom is -0.484 e. The third-order valence-electron chi connectivity index (χ3n) is 2.67. The normalized spacial score (nSPS) is 9.95. The molecule has 0 heterocycles. The monoisotopic (exact) mass is 255 g/mol. The maximum Gasteiger partial charge on any atom is 0.323 e. The van der Waals surface area contributed by atoms with Crippen LogP contribution < -0.4 is 4.74 Å². The largest absolute Gasteiger partial charge is 0.484 e. The highest BCUT2D eigenvalue weighted by Crippen LogP contribution is 2.23. The number of carbonyl (C=O) groups excluding carboxylic acids is 1. The van der Waals surface area contributed by atoms with Gasteiger partial charge >= 0.3 is 5.91 Å².